The summed E-state index contributed by atoms with van der Waals surface area (Å²) in [4.78, 5) is 19.0. The minimum Gasteiger partial charge on any atom is -0.399 e. The van der Waals surface area contributed by atoms with Gasteiger partial charge in [0.25, 0.3) is 5.91 Å². The molecule has 2 aromatic rings. The van der Waals surface area contributed by atoms with Crippen molar-refractivity contribution in [2.75, 3.05) is 27.2 Å². The van der Waals surface area contributed by atoms with E-state index in [1.54, 1.807) is 18.3 Å². The van der Waals surface area contributed by atoms with Crippen LogP contribution in [0, 0.1) is 0 Å². The number of carbonyl (C=O) groups is 1. The Bertz CT molecular complexity index is 669. The lowest BCUT2D eigenvalue weighted by Gasteiger charge is -2.16. The van der Waals surface area contributed by atoms with Crippen molar-refractivity contribution >= 4 is 12.1 Å². The molecule has 0 aliphatic heterocycles. The molecule has 1 N–H and O–H groups in total. The number of nitrogens with one attached hydrogen (secondary N) is 1. The van der Waals surface area contributed by atoms with Gasteiger partial charge in [0.15, 0.2) is 0 Å². The molecule has 132 valence electrons. The monoisotopic (exact) mass is 339 g/mol. The molecule has 0 spiro atoms. The summed E-state index contributed by atoms with van der Waals surface area (Å²) in [7, 11) is 3.59. The summed E-state index contributed by atoms with van der Waals surface area (Å²) in [5, 5.41) is 6.65. The highest BCUT2D eigenvalue weighted by Gasteiger charge is 2.05. The predicted octanol–water partition coefficient (Wildman–Crippen LogP) is 2.92. The van der Waals surface area contributed by atoms with Gasteiger partial charge < -0.3 is 15.1 Å². The van der Waals surface area contributed by atoms with Crippen molar-refractivity contribution in [2.24, 2.45) is 5.16 Å². The molecule has 2 rings (SSSR count). The summed E-state index contributed by atoms with van der Waals surface area (Å²) in [5.41, 5.74) is 2.83. The van der Waals surface area contributed by atoms with Crippen LogP contribution < -0.4 is 5.32 Å². The van der Waals surface area contributed by atoms with Crippen LogP contribution >= 0.6 is 0 Å². The van der Waals surface area contributed by atoms with Crippen molar-refractivity contribution in [3.05, 3.63) is 71.3 Å². The molecule has 25 heavy (non-hydrogen) atoms. The highest BCUT2D eigenvalue weighted by atomic mass is 16.6. The van der Waals surface area contributed by atoms with Gasteiger partial charge in [-0.1, -0.05) is 47.6 Å². The van der Waals surface area contributed by atoms with Crippen LogP contribution in [0.4, 0.5) is 0 Å². The highest BCUT2D eigenvalue weighted by molar-refractivity contribution is 5.94. The lowest BCUT2D eigenvalue weighted by Crippen LogP contribution is -2.28. The van der Waals surface area contributed by atoms with Gasteiger partial charge in [-0.05, 0) is 43.3 Å². The minimum absolute atomic E-state index is 0.0547. The fourth-order valence-electron chi connectivity index (χ4n) is 2.46. The smallest absolute Gasteiger partial charge is 0.251 e. The van der Waals surface area contributed by atoms with Gasteiger partial charge in [-0.15, -0.1) is 0 Å². The first kappa shape index (κ1) is 18.7. The van der Waals surface area contributed by atoms with E-state index >= 15 is 0 Å². The molecule has 5 heteroatoms. The van der Waals surface area contributed by atoms with E-state index in [9.17, 15) is 4.79 Å². The first-order valence-electron chi connectivity index (χ1n) is 8.36. The summed E-state index contributed by atoms with van der Waals surface area (Å²) in [5.74, 6) is -0.0547. The predicted molar refractivity (Wildman–Crippen MR) is 101 cm³/mol. The summed E-state index contributed by atoms with van der Waals surface area (Å²) in [6.45, 7) is 2.51. The minimum atomic E-state index is -0.0547. The number of benzene rings is 2. The van der Waals surface area contributed by atoms with Crippen molar-refractivity contribution in [3.8, 4) is 0 Å². The number of rotatable bonds is 9. The normalized spacial score (nSPS) is 11.0. The first-order chi connectivity index (χ1) is 12.2. The molecule has 0 aromatic heterocycles. The van der Waals surface area contributed by atoms with Crippen LogP contribution in [0.15, 0.2) is 59.8 Å². The number of carbonyl (C=O) groups excluding carboxylic acids is 1. The van der Waals surface area contributed by atoms with Crippen molar-refractivity contribution in [3.63, 3.8) is 0 Å². The molecule has 0 aliphatic rings. The molecular weight excluding hydrogens is 314 g/mol. The standard InChI is InChI=1S/C20H25N3O2/c1-23(16-18-7-4-3-5-8-18)14-6-13-21-20(24)19-11-9-17(10-12-19)15-22-25-2/h3-5,7-12,15H,6,13-14,16H2,1-2H3,(H,21,24)/b22-15+. The van der Waals surface area contributed by atoms with Gasteiger partial charge in [0.05, 0.1) is 6.21 Å². The Morgan fingerprint density at radius 3 is 2.56 bits per heavy atom. The molecule has 0 unspecified atom stereocenters. The second-order valence-electron chi connectivity index (χ2n) is 5.87. The van der Waals surface area contributed by atoms with Crippen molar-refractivity contribution in [2.45, 2.75) is 13.0 Å². The largest absolute Gasteiger partial charge is 0.399 e. The SMILES string of the molecule is CO/N=C/c1ccc(C(=O)NCCCN(C)Cc2ccccc2)cc1. The van der Waals surface area contributed by atoms with Crippen LogP contribution in [0.25, 0.3) is 0 Å². The quantitative estimate of drug-likeness (QED) is 0.434. The topological polar surface area (TPSA) is 53.9 Å². The van der Waals surface area contributed by atoms with E-state index in [2.05, 4.69) is 51.5 Å². The third kappa shape index (κ3) is 6.77. The van der Waals surface area contributed by atoms with Crippen LogP contribution in [0.5, 0.6) is 0 Å². The third-order valence-corrected chi connectivity index (χ3v) is 3.78. The number of hydrogen-bond acceptors (Lipinski definition) is 4. The molecule has 0 radical (unpaired) electrons. The molecule has 0 saturated carbocycles. The summed E-state index contributed by atoms with van der Waals surface area (Å²) >= 11 is 0. The molecule has 0 fully saturated rings. The molecule has 2 aromatic carbocycles. The van der Waals surface area contributed by atoms with Gasteiger partial charge in [-0.3, -0.25) is 4.79 Å². The van der Waals surface area contributed by atoms with Crippen LogP contribution in [0.2, 0.25) is 0 Å². The second-order valence-corrected chi connectivity index (χ2v) is 5.87. The van der Waals surface area contributed by atoms with Crippen LogP contribution in [0.1, 0.15) is 27.9 Å². The average molecular weight is 339 g/mol. The fraction of sp³-hybridized carbons (Fsp3) is 0.300. The Morgan fingerprint density at radius 1 is 1.16 bits per heavy atom. The summed E-state index contributed by atoms with van der Waals surface area (Å²) < 4.78 is 0. The Labute approximate surface area is 149 Å². The second kappa shape index (κ2) is 10.3. The lowest BCUT2D eigenvalue weighted by molar-refractivity contribution is 0.0952. The molecule has 0 aliphatic carbocycles. The highest BCUT2D eigenvalue weighted by Crippen LogP contribution is 2.04. The molecule has 0 atom stereocenters. The Kier molecular flexibility index (Phi) is 7.66. The van der Waals surface area contributed by atoms with Gasteiger partial charge in [0, 0.05) is 18.7 Å². The number of amides is 1. The molecule has 0 saturated heterocycles. The molecule has 5 nitrogen and oxygen atoms in total. The van der Waals surface area contributed by atoms with Gasteiger partial charge in [-0.2, -0.15) is 0 Å². The van der Waals surface area contributed by atoms with Crippen LogP contribution in [-0.4, -0.2) is 44.3 Å². The van der Waals surface area contributed by atoms with E-state index in [4.69, 9.17) is 0 Å². The fourth-order valence-corrected chi connectivity index (χ4v) is 2.46. The molecule has 0 bridgehead atoms. The van der Waals surface area contributed by atoms with Gasteiger partial charge in [0.1, 0.15) is 7.11 Å². The van der Waals surface area contributed by atoms with Crippen molar-refractivity contribution < 1.29 is 9.63 Å². The maximum Gasteiger partial charge on any atom is 0.251 e. The number of oxime groups is 1. The van der Waals surface area contributed by atoms with E-state index in [0.29, 0.717) is 12.1 Å². The zero-order valence-electron chi connectivity index (χ0n) is 14.8. The van der Waals surface area contributed by atoms with Crippen LogP contribution in [0.3, 0.4) is 0 Å². The number of hydrogen-bond donors (Lipinski definition) is 1. The maximum absolute atomic E-state index is 12.1. The van der Waals surface area contributed by atoms with E-state index in [1.807, 2.05) is 18.2 Å². The Balaban J connectivity index is 1.68. The lowest BCUT2D eigenvalue weighted by atomic mass is 10.1. The van der Waals surface area contributed by atoms with Crippen LogP contribution in [-0.2, 0) is 11.4 Å². The third-order valence-electron chi connectivity index (χ3n) is 3.78. The zero-order valence-corrected chi connectivity index (χ0v) is 14.8. The number of nitrogens with zero attached hydrogens (tertiary/aromatic N) is 2. The molecule has 0 heterocycles. The molecule has 1 amide bonds. The zero-order chi connectivity index (χ0) is 17.9. The van der Waals surface area contributed by atoms with Crippen molar-refractivity contribution in [1.29, 1.82) is 0 Å². The van der Waals surface area contributed by atoms with Gasteiger partial charge >= 0.3 is 0 Å². The summed E-state index contributed by atoms with van der Waals surface area (Å²) in [6.07, 6.45) is 2.51. The van der Waals surface area contributed by atoms with E-state index in [1.165, 1.54) is 12.7 Å². The Hall–Kier alpha value is -2.66. The van der Waals surface area contributed by atoms with E-state index < -0.39 is 0 Å². The van der Waals surface area contributed by atoms with Gasteiger partial charge in [0.2, 0.25) is 0 Å². The average Bonchev–Trinajstić information content (AvgIpc) is 2.64. The Morgan fingerprint density at radius 2 is 1.88 bits per heavy atom. The molecular formula is C20H25N3O2. The maximum atomic E-state index is 12.1. The first-order valence-corrected chi connectivity index (χ1v) is 8.36. The van der Waals surface area contributed by atoms with E-state index in [0.717, 1.165) is 25.1 Å². The van der Waals surface area contributed by atoms with Crippen molar-refractivity contribution in [1.82, 2.24) is 10.2 Å². The van der Waals surface area contributed by atoms with Gasteiger partial charge in [-0.25, -0.2) is 0 Å². The van der Waals surface area contributed by atoms with E-state index in [-0.39, 0.29) is 5.91 Å². The summed E-state index contributed by atoms with van der Waals surface area (Å²) in [6, 6.07) is 17.6.